The van der Waals surface area contributed by atoms with Gasteiger partial charge in [0, 0.05) is 24.1 Å². The van der Waals surface area contributed by atoms with Crippen molar-refractivity contribution in [2.45, 2.75) is 44.3 Å². The quantitative estimate of drug-likeness (QED) is 0.463. The lowest BCUT2D eigenvalue weighted by Crippen LogP contribution is -2.53. The SMILES string of the molecule is O=C1/C(=C/c2ccccc2)C(c2ccccc2)N(Cc2ccccc2)C2CCCCC12. The molecular weight excluding hydrogens is 378 g/mol. The Morgan fingerprint density at radius 3 is 2.10 bits per heavy atom. The van der Waals surface area contributed by atoms with Crippen molar-refractivity contribution in [1.82, 2.24) is 4.90 Å². The Balaban J connectivity index is 1.64. The zero-order chi connectivity index (χ0) is 21.0. The highest BCUT2D eigenvalue weighted by molar-refractivity contribution is 6.03. The number of hydrogen-bond acceptors (Lipinski definition) is 2. The molecule has 0 spiro atoms. The summed E-state index contributed by atoms with van der Waals surface area (Å²) in [7, 11) is 0. The highest BCUT2D eigenvalue weighted by Crippen LogP contribution is 2.45. The molecule has 3 unspecified atom stereocenters. The van der Waals surface area contributed by atoms with Crippen molar-refractivity contribution in [3.63, 3.8) is 0 Å². The van der Waals surface area contributed by atoms with Crippen molar-refractivity contribution in [1.29, 1.82) is 0 Å². The van der Waals surface area contributed by atoms with Gasteiger partial charge in [0.2, 0.25) is 0 Å². The Morgan fingerprint density at radius 1 is 0.774 bits per heavy atom. The molecule has 2 fully saturated rings. The van der Waals surface area contributed by atoms with Gasteiger partial charge in [0.05, 0.1) is 6.04 Å². The van der Waals surface area contributed by atoms with Gasteiger partial charge in [-0.05, 0) is 35.6 Å². The second kappa shape index (κ2) is 9.03. The van der Waals surface area contributed by atoms with E-state index in [-0.39, 0.29) is 12.0 Å². The molecule has 1 aliphatic carbocycles. The van der Waals surface area contributed by atoms with Crippen LogP contribution >= 0.6 is 0 Å². The van der Waals surface area contributed by atoms with E-state index in [1.165, 1.54) is 17.5 Å². The third kappa shape index (κ3) is 4.13. The molecule has 0 bridgehead atoms. The molecule has 3 aromatic rings. The lowest BCUT2D eigenvalue weighted by molar-refractivity contribution is -0.127. The molecule has 1 saturated carbocycles. The first kappa shape index (κ1) is 20.0. The second-order valence-corrected chi connectivity index (χ2v) is 8.80. The van der Waals surface area contributed by atoms with Crippen LogP contribution < -0.4 is 0 Å². The minimum absolute atomic E-state index is 0.0199. The molecule has 5 rings (SSSR count). The van der Waals surface area contributed by atoms with Crippen LogP contribution in [0.2, 0.25) is 0 Å². The van der Waals surface area contributed by atoms with Crippen LogP contribution in [0.4, 0.5) is 0 Å². The van der Waals surface area contributed by atoms with Crippen LogP contribution in [0.25, 0.3) is 6.08 Å². The molecule has 2 aliphatic rings. The van der Waals surface area contributed by atoms with E-state index < -0.39 is 0 Å². The summed E-state index contributed by atoms with van der Waals surface area (Å²) in [5, 5.41) is 0. The molecule has 2 nitrogen and oxygen atoms in total. The van der Waals surface area contributed by atoms with Gasteiger partial charge in [-0.15, -0.1) is 0 Å². The topological polar surface area (TPSA) is 20.3 Å². The van der Waals surface area contributed by atoms with Gasteiger partial charge >= 0.3 is 0 Å². The van der Waals surface area contributed by atoms with Crippen LogP contribution in [-0.2, 0) is 11.3 Å². The Morgan fingerprint density at radius 2 is 1.39 bits per heavy atom. The molecule has 2 heteroatoms. The van der Waals surface area contributed by atoms with Crippen molar-refractivity contribution in [2.75, 3.05) is 0 Å². The summed E-state index contributed by atoms with van der Waals surface area (Å²) in [5.74, 6) is 0.458. The fraction of sp³-hybridized carbons (Fsp3) is 0.276. The molecule has 0 radical (unpaired) electrons. The van der Waals surface area contributed by atoms with Gasteiger partial charge in [-0.25, -0.2) is 0 Å². The van der Waals surface area contributed by atoms with Gasteiger partial charge in [0.25, 0.3) is 0 Å². The maximum Gasteiger partial charge on any atom is 0.165 e. The smallest absolute Gasteiger partial charge is 0.165 e. The molecule has 0 N–H and O–H groups in total. The summed E-state index contributed by atoms with van der Waals surface area (Å²) in [6, 6.07) is 31.9. The van der Waals surface area contributed by atoms with E-state index >= 15 is 0 Å². The molecule has 0 aromatic heterocycles. The summed E-state index contributed by atoms with van der Waals surface area (Å²) >= 11 is 0. The van der Waals surface area contributed by atoms with E-state index in [1.54, 1.807) is 0 Å². The van der Waals surface area contributed by atoms with E-state index in [9.17, 15) is 4.79 Å². The molecule has 1 heterocycles. The minimum Gasteiger partial charge on any atom is -0.294 e. The molecule has 3 atom stereocenters. The fourth-order valence-electron chi connectivity index (χ4n) is 5.42. The zero-order valence-electron chi connectivity index (χ0n) is 17.9. The first-order valence-electron chi connectivity index (χ1n) is 11.5. The lowest BCUT2D eigenvalue weighted by Gasteiger charge is -2.49. The van der Waals surface area contributed by atoms with E-state index in [0.717, 1.165) is 36.9 Å². The Kier molecular flexibility index (Phi) is 5.82. The van der Waals surface area contributed by atoms with Gasteiger partial charge in [0.1, 0.15) is 0 Å². The Bertz CT molecular complexity index is 1040. The predicted molar refractivity (Wildman–Crippen MR) is 126 cm³/mol. The number of Topliss-reactive ketones (excluding diaryl/α,β-unsaturated/α-hetero) is 1. The van der Waals surface area contributed by atoms with Crippen molar-refractivity contribution < 1.29 is 4.79 Å². The molecule has 1 aliphatic heterocycles. The zero-order valence-corrected chi connectivity index (χ0v) is 17.9. The number of rotatable bonds is 4. The van der Waals surface area contributed by atoms with Crippen LogP contribution in [0.15, 0.2) is 96.6 Å². The number of benzene rings is 3. The number of piperidine rings is 1. The fourth-order valence-corrected chi connectivity index (χ4v) is 5.42. The monoisotopic (exact) mass is 407 g/mol. The van der Waals surface area contributed by atoms with Crippen molar-refractivity contribution in [2.24, 2.45) is 5.92 Å². The van der Waals surface area contributed by atoms with E-state index in [2.05, 4.69) is 83.8 Å². The van der Waals surface area contributed by atoms with Gasteiger partial charge in [0.15, 0.2) is 5.78 Å². The van der Waals surface area contributed by atoms with E-state index in [1.807, 2.05) is 18.2 Å². The Labute approximate surface area is 185 Å². The summed E-state index contributed by atoms with van der Waals surface area (Å²) in [5.41, 5.74) is 4.55. The summed E-state index contributed by atoms with van der Waals surface area (Å²) < 4.78 is 0. The summed E-state index contributed by atoms with van der Waals surface area (Å²) in [6.45, 7) is 0.862. The number of ketones is 1. The van der Waals surface area contributed by atoms with Crippen LogP contribution in [0.5, 0.6) is 0 Å². The number of likely N-dealkylation sites (tertiary alicyclic amines) is 1. The van der Waals surface area contributed by atoms with Crippen LogP contribution in [0.3, 0.4) is 0 Å². The van der Waals surface area contributed by atoms with Crippen LogP contribution in [0.1, 0.15) is 48.4 Å². The predicted octanol–water partition coefficient (Wildman–Crippen LogP) is 6.46. The van der Waals surface area contributed by atoms with Gasteiger partial charge in [-0.3, -0.25) is 9.69 Å². The first-order valence-corrected chi connectivity index (χ1v) is 11.5. The average molecular weight is 408 g/mol. The van der Waals surface area contributed by atoms with Crippen LogP contribution in [-0.4, -0.2) is 16.7 Å². The average Bonchev–Trinajstić information content (AvgIpc) is 2.84. The van der Waals surface area contributed by atoms with Gasteiger partial charge < -0.3 is 0 Å². The first-order chi connectivity index (χ1) is 15.3. The molecule has 0 amide bonds. The van der Waals surface area contributed by atoms with Gasteiger partial charge in [-0.2, -0.15) is 0 Å². The number of nitrogens with zero attached hydrogens (tertiary/aromatic N) is 1. The molecular formula is C29H29NO. The second-order valence-electron chi connectivity index (χ2n) is 8.80. The van der Waals surface area contributed by atoms with Crippen LogP contribution in [0, 0.1) is 5.92 Å². The molecule has 156 valence electrons. The maximum atomic E-state index is 13.9. The van der Waals surface area contributed by atoms with Gasteiger partial charge in [-0.1, -0.05) is 104 Å². The third-order valence-electron chi connectivity index (χ3n) is 6.85. The lowest BCUT2D eigenvalue weighted by atomic mass is 9.71. The largest absolute Gasteiger partial charge is 0.294 e. The molecule has 3 aromatic carbocycles. The number of fused-ring (bicyclic) bond motifs is 1. The highest BCUT2D eigenvalue weighted by atomic mass is 16.1. The normalized spacial score (nSPS) is 25.4. The van der Waals surface area contributed by atoms with Crippen molar-refractivity contribution in [3.8, 4) is 0 Å². The highest BCUT2D eigenvalue weighted by Gasteiger charge is 2.46. The molecule has 31 heavy (non-hydrogen) atoms. The van der Waals surface area contributed by atoms with E-state index in [0.29, 0.717) is 11.8 Å². The van der Waals surface area contributed by atoms with Crippen molar-refractivity contribution in [3.05, 3.63) is 113 Å². The third-order valence-corrected chi connectivity index (χ3v) is 6.85. The number of hydrogen-bond donors (Lipinski definition) is 0. The molecule has 1 saturated heterocycles. The Hall–Kier alpha value is -2.97. The number of carbonyl (C=O) groups is 1. The van der Waals surface area contributed by atoms with E-state index in [4.69, 9.17) is 0 Å². The summed E-state index contributed by atoms with van der Waals surface area (Å²) in [4.78, 5) is 16.5. The summed E-state index contributed by atoms with van der Waals surface area (Å²) in [6.07, 6.45) is 6.61. The number of carbonyl (C=O) groups excluding carboxylic acids is 1. The minimum atomic E-state index is -0.0199. The maximum absolute atomic E-state index is 13.9. The standard InChI is InChI=1S/C29H29NO/c31-29-25-18-10-11-19-27(25)30(21-23-14-6-2-7-15-23)28(24-16-8-3-9-17-24)26(29)20-22-12-4-1-5-13-22/h1-9,12-17,20,25,27-28H,10-11,18-19,21H2/b26-20+. The van der Waals surface area contributed by atoms with Crippen molar-refractivity contribution >= 4 is 11.9 Å².